The van der Waals surface area contributed by atoms with E-state index in [4.69, 9.17) is 24.4 Å². The highest BCUT2D eigenvalue weighted by Crippen LogP contribution is 1.93. The standard InChI is InChI=1S/C18H20N6S2/c25-17(23-21-13-15-7-3-1-4-8-15)19-11-12-20-18(26)24-22-14-16-9-5-2-6-10-16/h1-10,13-14H,11-12H2,(H2,19,23,25)(H2,20,24,26)/b21-13-,22-14-. The summed E-state index contributed by atoms with van der Waals surface area (Å²) in [6.45, 7) is 1.19. The average Bonchev–Trinajstić information content (AvgIpc) is 2.67. The van der Waals surface area contributed by atoms with Gasteiger partial charge in [0.05, 0.1) is 12.4 Å². The molecule has 0 spiro atoms. The van der Waals surface area contributed by atoms with Gasteiger partial charge < -0.3 is 10.6 Å². The van der Waals surface area contributed by atoms with E-state index < -0.39 is 0 Å². The van der Waals surface area contributed by atoms with E-state index in [1.807, 2.05) is 60.7 Å². The minimum atomic E-state index is 0.444. The number of nitrogens with one attached hydrogen (secondary N) is 4. The molecular formula is C18H20N6S2. The lowest BCUT2D eigenvalue weighted by molar-refractivity contribution is 0.783. The first-order valence-corrected chi connectivity index (χ1v) is 8.79. The van der Waals surface area contributed by atoms with Crippen molar-refractivity contribution in [3.05, 3.63) is 71.8 Å². The molecule has 2 aromatic rings. The van der Waals surface area contributed by atoms with Crippen LogP contribution in [0.5, 0.6) is 0 Å². The van der Waals surface area contributed by atoms with Crippen molar-refractivity contribution in [1.82, 2.24) is 21.5 Å². The molecule has 134 valence electrons. The van der Waals surface area contributed by atoms with E-state index in [2.05, 4.69) is 31.7 Å². The predicted octanol–water partition coefficient (Wildman–Crippen LogP) is 1.98. The normalized spacial score (nSPS) is 10.6. The Morgan fingerprint density at radius 1 is 0.692 bits per heavy atom. The second kappa shape index (κ2) is 11.7. The van der Waals surface area contributed by atoms with Crippen LogP contribution in [0.15, 0.2) is 70.9 Å². The maximum Gasteiger partial charge on any atom is 0.187 e. The maximum atomic E-state index is 5.14. The van der Waals surface area contributed by atoms with Gasteiger partial charge in [-0.05, 0) is 35.6 Å². The summed E-state index contributed by atoms with van der Waals surface area (Å²) >= 11 is 10.3. The third kappa shape index (κ3) is 8.32. The van der Waals surface area contributed by atoms with Gasteiger partial charge in [-0.1, -0.05) is 60.7 Å². The topological polar surface area (TPSA) is 72.8 Å². The summed E-state index contributed by atoms with van der Waals surface area (Å²) in [6, 6.07) is 19.5. The maximum absolute atomic E-state index is 5.14. The molecule has 0 bridgehead atoms. The van der Waals surface area contributed by atoms with E-state index in [0.717, 1.165) is 11.1 Å². The van der Waals surface area contributed by atoms with Crippen LogP contribution >= 0.6 is 24.4 Å². The Hall–Kier alpha value is -2.84. The molecule has 0 saturated heterocycles. The second-order valence-electron chi connectivity index (χ2n) is 5.07. The van der Waals surface area contributed by atoms with Crippen LogP contribution in [0.2, 0.25) is 0 Å². The van der Waals surface area contributed by atoms with Crippen LogP contribution in [0, 0.1) is 0 Å². The third-order valence-electron chi connectivity index (χ3n) is 3.05. The molecule has 2 aromatic carbocycles. The Kier molecular flexibility index (Phi) is 8.74. The number of nitrogens with zero attached hydrogens (tertiary/aromatic N) is 2. The fourth-order valence-corrected chi connectivity index (χ4v) is 2.15. The first-order chi connectivity index (χ1) is 12.7. The quantitative estimate of drug-likeness (QED) is 0.253. The minimum Gasteiger partial charge on any atom is -0.360 e. The van der Waals surface area contributed by atoms with E-state index in [0.29, 0.717) is 23.3 Å². The van der Waals surface area contributed by atoms with Crippen molar-refractivity contribution in [1.29, 1.82) is 0 Å². The van der Waals surface area contributed by atoms with Crippen LogP contribution in [0.25, 0.3) is 0 Å². The lowest BCUT2D eigenvalue weighted by atomic mass is 10.2. The van der Waals surface area contributed by atoms with Gasteiger partial charge in [-0.2, -0.15) is 10.2 Å². The third-order valence-corrected chi connectivity index (χ3v) is 3.53. The summed E-state index contributed by atoms with van der Waals surface area (Å²) in [7, 11) is 0. The van der Waals surface area contributed by atoms with Crippen LogP contribution in [-0.4, -0.2) is 35.7 Å². The van der Waals surface area contributed by atoms with E-state index in [1.54, 1.807) is 12.4 Å². The number of thiocarbonyl (C=S) groups is 2. The Labute approximate surface area is 163 Å². The highest BCUT2D eigenvalue weighted by molar-refractivity contribution is 7.80. The van der Waals surface area contributed by atoms with Gasteiger partial charge in [-0.3, -0.25) is 10.9 Å². The largest absolute Gasteiger partial charge is 0.360 e. The molecule has 2 rings (SSSR count). The van der Waals surface area contributed by atoms with Gasteiger partial charge in [-0.15, -0.1) is 0 Å². The van der Waals surface area contributed by atoms with Crippen molar-refractivity contribution in [2.75, 3.05) is 13.1 Å². The molecule has 0 heterocycles. The number of hydrogen-bond donors (Lipinski definition) is 4. The molecule has 8 heteroatoms. The van der Waals surface area contributed by atoms with Crippen LogP contribution < -0.4 is 21.5 Å². The molecule has 0 radical (unpaired) electrons. The molecule has 0 atom stereocenters. The molecule has 0 aliphatic carbocycles. The number of benzene rings is 2. The average molecular weight is 385 g/mol. The molecule has 0 amide bonds. The summed E-state index contributed by atoms with van der Waals surface area (Å²) < 4.78 is 0. The Morgan fingerprint density at radius 2 is 1.08 bits per heavy atom. The Bertz CT molecular complexity index is 681. The van der Waals surface area contributed by atoms with Gasteiger partial charge in [0.2, 0.25) is 0 Å². The van der Waals surface area contributed by atoms with Crippen LogP contribution in [0.1, 0.15) is 11.1 Å². The zero-order valence-corrected chi connectivity index (χ0v) is 15.7. The van der Waals surface area contributed by atoms with Crippen molar-refractivity contribution in [2.24, 2.45) is 10.2 Å². The molecule has 0 aliphatic rings. The zero-order chi connectivity index (χ0) is 18.5. The van der Waals surface area contributed by atoms with Crippen molar-refractivity contribution in [2.45, 2.75) is 0 Å². The SMILES string of the molecule is S=C(NCCNC(=S)N/N=C\c1ccccc1)N/N=C\c1ccccc1. The van der Waals surface area contributed by atoms with Gasteiger partial charge in [-0.25, -0.2) is 0 Å². The van der Waals surface area contributed by atoms with Crippen molar-refractivity contribution >= 4 is 47.1 Å². The van der Waals surface area contributed by atoms with Crippen molar-refractivity contribution in [3.8, 4) is 0 Å². The molecule has 0 fully saturated rings. The summed E-state index contributed by atoms with van der Waals surface area (Å²) in [5.41, 5.74) is 7.52. The Morgan fingerprint density at radius 3 is 1.46 bits per heavy atom. The molecule has 6 nitrogen and oxygen atoms in total. The molecule has 4 N–H and O–H groups in total. The number of hydrazone groups is 2. The smallest absolute Gasteiger partial charge is 0.187 e. The number of rotatable bonds is 7. The summed E-state index contributed by atoms with van der Waals surface area (Å²) in [5.74, 6) is 0. The molecule has 0 unspecified atom stereocenters. The lowest BCUT2D eigenvalue weighted by Crippen LogP contribution is -2.40. The second-order valence-corrected chi connectivity index (χ2v) is 5.89. The first-order valence-electron chi connectivity index (χ1n) is 7.98. The minimum absolute atomic E-state index is 0.444. The van der Waals surface area contributed by atoms with E-state index in [-0.39, 0.29) is 0 Å². The number of hydrogen-bond acceptors (Lipinski definition) is 4. The summed E-state index contributed by atoms with van der Waals surface area (Å²) in [6.07, 6.45) is 3.41. The molecule has 26 heavy (non-hydrogen) atoms. The Balaban J connectivity index is 1.55. The van der Waals surface area contributed by atoms with E-state index in [1.165, 1.54) is 0 Å². The van der Waals surface area contributed by atoms with Gasteiger partial charge >= 0.3 is 0 Å². The molecular weight excluding hydrogens is 364 g/mol. The summed E-state index contributed by atoms with van der Waals surface area (Å²) in [5, 5.41) is 15.1. The van der Waals surface area contributed by atoms with Crippen molar-refractivity contribution in [3.63, 3.8) is 0 Å². The fraction of sp³-hybridized carbons (Fsp3) is 0.111. The highest BCUT2D eigenvalue weighted by atomic mass is 32.1. The van der Waals surface area contributed by atoms with Crippen LogP contribution in [0.3, 0.4) is 0 Å². The van der Waals surface area contributed by atoms with Gasteiger partial charge in [0, 0.05) is 13.1 Å². The fourth-order valence-electron chi connectivity index (χ4n) is 1.84. The predicted molar refractivity (Wildman–Crippen MR) is 116 cm³/mol. The molecule has 0 aliphatic heterocycles. The molecule has 0 aromatic heterocycles. The van der Waals surface area contributed by atoms with Crippen molar-refractivity contribution < 1.29 is 0 Å². The van der Waals surface area contributed by atoms with Gasteiger partial charge in [0.15, 0.2) is 10.2 Å². The van der Waals surface area contributed by atoms with Gasteiger partial charge in [0.1, 0.15) is 0 Å². The van der Waals surface area contributed by atoms with Crippen LogP contribution in [-0.2, 0) is 0 Å². The van der Waals surface area contributed by atoms with E-state index >= 15 is 0 Å². The van der Waals surface area contributed by atoms with Gasteiger partial charge in [0.25, 0.3) is 0 Å². The summed E-state index contributed by atoms with van der Waals surface area (Å²) in [4.78, 5) is 0. The van der Waals surface area contributed by atoms with Crippen LogP contribution in [0.4, 0.5) is 0 Å². The highest BCUT2D eigenvalue weighted by Gasteiger charge is 1.95. The monoisotopic (exact) mass is 384 g/mol. The zero-order valence-electron chi connectivity index (χ0n) is 14.1. The first kappa shape index (κ1) is 19.5. The molecule has 0 saturated carbocycles. The van der Waals surface area contributed by atoms with E-state index in [9.17, 15) is 0 Å². The lowest BCUT2D eigenvalue weighted by Gasteiger charge is -2.09.